The lowest BCUT2D eigenvalue weighted by Crippen LogP contribution is -2.01. The molecule has 0 saturated heterocycles. The lowest BCUT2D eigenvalue weighted by molar-refractivity contribution is -0.140. The number of aliphatic hydroxyl groups is 1. The average molecular weight is 322 g/mol. The largest absolute Gasteiger partial charge is 0.469 e. The molecule has 0 fully saturated rings. The third kappa shape index (κ3) is 16.9. The van der Waals surface area contributed by atoms with E-state index in [0.717, 1.165) is 51.4 Å². The van der Waals surface area contributed by atoms with Crippen molar-refractivity contribution in [1.82, 2.24) is 0 Å². The normalized spacial score (nSPS) is 12.0. The van der Waals surface area contributed by atoms with Gasteiger partial charge in [-0.15, -0.1) is 0 Å². The Morgan fingerprint density at radius 1 is 1.09 bits per heavy atom. The number of rotatable bonds is 13. The molecule has 1 atom stereocenters. The summed E-state index contributed by atoms with van der Waals surface area (Å²) in [6, 6.07) is 0. The maximum Gasteiger partial charge on any atom is 0.305 e. The van der Waals surface area contributed by atoms with Crippen LogP contribution in [0.1, 0.15) is 84.0 Å². The maximum absolute atomic E-state index is 10.9. The number of carbonyl (C=O) groups excluding carboxylic acids is 1. The monoisotopic (exact) mass is 322 g/mol. The van der Waals surface area contributed by atoms with Crippen LogP contribution < -0.4 is 0 Å². The molecule has 0 aromatic heterocycles. The van der Waals surface area contributed by atoms with E-state index in [1.54, 1.807) is 12.2 Å². The first-order chi connectivity index (χ1) is 11.2. The number of hydrogen-bond acceptors (Lipinski definition) is 3. The Morgan fingerprint density at radius 2 is 1.78 bits per heavy atom. The highest BCUT2D eigenvalue weighted by Crippen LogP contribution is 2.10. The highest BCUT2D eigenvalue weighted by atomic mass is 16.5. The van der Waals surface area contributed by atoms with Crippen LogP contribution in [-0.4, -0.2) is 24.3 Å². The second-order valence-corrected chi connectivity index (χ2v) is 5.94. The number of aliphatic hydroxyl groups excluding tert-OH is 1. The van der Waals surface area contributed by atoms with E-state index in [2.05, 4.69) is 23.5 Å². The number of carbonyl (C=O) groups is 1. The zero-order chi connectivity index (χ0) is 17.2. The third-order valence-corrected chi connectivity index (χ3v) is 3.77. The van der Waals surface area contributed by atoms with Gasteiger partial charge in [-0.3, -0.25) is 4.79 Å². The molecule has 3 nitrogen and oxygen atoms in total. The molecule has 0 aromatic rings. The van der Waals surface area contributed by atoms with Gasteiger partial charge in [0, 0.05) is 12.8 Å². The Morgan fingerprint density at radius 3 is 2.48 bits per heavy atom. The quantitative estimate of drug-likeness (QED) is 0.301. The molecular formula is C20H34O3. The highest BCUT2D eigenvalue weighted by Gasteiger charge is 2.00. The van der Waals surface area contributed by atoms with Crippen molar-refractivity contribution >= 4 is 5.97 Å². The van der Waals surface area contributed by atoms with Crippen LogP contribution in [0.4, 0.5) is 0 Å². The molecule has 1 unspecified atom stereocenters. The second kappa shape index (κ2) is 17.1. The van der Waals surface area contributed by atoms with Crippen molar-refractivity contribution in [3.8, 4) is 11.8 Å². The Labute approximate surface area is 142 Å². The number of methoxy groups -OCH3 is 1. The Hall–Kier alpha value is -1.27. The second-order valence-electron chi connectivity index (χ2n) is 5.94. The van der Waals surface area contributed by atoms with Gasteiger partial charge in [0.1, 0.15) is 0 Å². The molecule has 0 saturated carbocycles. The number of ether oxygens (including phenoxy) is 1. The summed E-state index contributed by atoms with van der Waals surface area (Å²) in [7, 11) is 1.43. The highest BCUT2D eigenvalue weighted by molar-refractivity contribution is 5.68. The van der Waals surface area contributed by atoms with Gasteiger partial charge < -0.3 is 9.84 Å². The molecule has 0 amide bonds. The van der Waals surface area contributed by atoms with Gasteiger partial charge in [0.15, 0.2) is 0 Å². The Bertz CT molecular complexity index is 363. The summed E-state index contributed by atoms with van der Waals surface area (Å²) < 4.78 is 4.60. The van der Waals surface area contributed by atoms with Gasteiger partial charge in [-0.05, 0) is 31.4 Å². The Kier molecular flexibility index (Phi) is 16.1. The summed E-state index contributed by atoms with van der Waals surface area (Å²) >= 11 is 0. The van der Waals surface area contributed by atoms with Crippen molar-refractivity contribution in [3.05, 3.63) is 12.2 Å². The van der Waals surface area contributed by atoms with E-state index < -0.39 is 0 Å². The fourth-order valence-corrected chi connectivity index (χ4v) is 2.28. The van der Waals surface area contributed by atoms with Crippen LogP contribution in [0.3, 0.4) is 0 Å². The summed E-state index contributed by atoms with van der Waals surface area (Å²) in [6.45, 7) is 2.19. The molecule has 0 aliphatic rings. The van der Waals surface area contributed by atoms with Crippen LogP contribution in [-0.2, 0) is 9.53 Å². The fraction of sp³-hybridized carbons (Fsp3) is 0.750. The van der Waals surface area contributed by atoms with Gasteiger partial charge in [-0.2, -0.15) is 0 Å². The van der Waals surface area contributed by atoms with Crippen molar-refractivity contribution in [1.29, 1.82) is 0 Å². The molecule has 23 heavy (non-hydrogen) atoms. The first-order valence-electron chi connectivity index (χ1n) is 9.10. The van der Waals surface area contributed by atoms with Gasteiger partial charge in [0.2, 0.25) is 0 Å². The number of hydrogen-bond donors (Lipinski definition) is 1. The van der Waals surface area contributed by atoms with Crippen LogP contribution >= 0.6 is 0 Å². The number of unbranched alkanes of at least 4 members (excludes halogenated alkanes) is 8. The summed E-state index contributed by atoms with van der Waals surface area (Å²) in [5.74, 6) is 5.97. The molecule has 0 aliphatic carbocycles. The van der Waals surface area contributed by atoms with Gasteiger partial charge in [0.05, 0.1) is 13.2 Å². The summed E-state index contributed by atoms with van der Waals surface area (Å²) in [4.78, 5) is 10.9. The first kappa shape index (κ1) is 21.7. The van der Waals surface area contributed by atoms with Crippen molar-refractivity contribution in [2.75, 3.05) is 7.11 Å². The zero-order valence-electron chi connectivity index (χ0n) is 15.0. The summed E-state index contributed by atoms with van der Waals surface area (Å²) in [5.41, 5.74) is 0. The minimum Gasteiger partial charge on any atom is -0.469 e. The molecule has 1 N–H and O–H groups in total. The maximum atomic E-state index is 10.9. The molecule has 0 aromatic carbocycles. The molecular weight excluding hydrogens is 288 g/mol. The van der Waals surface area contributed by atoms with Crippen molar-refractivity contribution in [2.24, 2.45) is 0 Å². The van der Waals surface area contributed by atoms with Crippen molar-refractivity contribution < 1.29 is 14.6 Å². The van der Waals surface area contributed by atoms with Gasteiger partial charge in [0.25, 0.3) is 0 Å². The summed E-state index contributed by atoms with van der Waals surface area (Å²) in [5, 5.41) is 9.81. The summed E-state index contributed by atoms with van der Waals surface area (Å²) in [6.07, 6.45) is 15.6. The molecule has 0 heterocycles. The van der Waals surface area contributed by atoms with Crippen LogP contribution in [0, 0.1) is 11.8 Å². The van der Waals surface area contributed by atoms with Crippen LogP contribution in [0.5, 0.6) is 0 Å². The van der Waals surface area contributed by atoms with Crippen LogP contribution in [0.15, 0.2) is 12.2 Å². The van der Waals surface area contributed by atoms with E-state index in [1.165, 1.54) is 26.4 Å². The van der Waals surface area contributed by atoms with Crippen LogP contribution in [0.25, 0.3) is 0 Å². The first-order valence-corrected chi connectivity index (χ1v) is 9.10. The fourth-order valence-electron chi connectivity index (χ4n) is 2.28. The average Bonchev–Trinajstić information content (AvgIpc) is 2.56. The molecule has 0 radical (unpaired) electrons. The van der Waals surface area contributed by atoms with E-state index in [-0.39, 0.29) is 12.1 Å². The van der Waals surface area contributed by atoms with Gasteiger partial charge in [-0.1, -0.05) is 63.7 Å². The predicted octanol–water partition coefficient (Wildman–Crippen LogP) is 4.78. The molecule has 0 rings (SSSR count). The molecule has 0 bridgehead atoms. The van der Waals surface area contributed by atoms with E-state index >= 15 is 0 Å². The van der Waals surface area contributed by atoms with E-state index in [4.69, 9.17) is 0 Å². The lowest BCUT2D eigenvalue weighted by atomic mass is 10.1. The van der Waals surface area contributed by atoms with Crippen LogP contribution in [0.2, 0.25) is 0 Å². The van der Waals surface area contributed by atoms with E-state index in [9.17, 15) is 9.90 Å². The standard InChI is InChI=1S/C20H34O3/c1-3-4-5-6-7-10-13-16-19(21)17-14-11-8-9-12-15-18-20(22)23-2/h13,16,19,21H,3-6,8-9,11-12,14-15,17-18H2,1-2H3. The van der Waals surface area contributed by atoms with Crippen molar-refractivity contribution in [3.63, 3.8) is 0 Å². The van der Waals surface area contributed by atoms with Gasteiger partial charge in [-0.25, -0.2) is 0 Å². The molecule has 132 valence electrons. The van der Waals surface area contributed by atoms with E-state index in [1.807, 2.05) is 0 Å². The van der Waals surface area contributed by atoms with E-state index in [0.29, 0.717) is 6.42 Å². The minimum absolute atomic E-state index is 0.117. The smallest absolute Gasteiger partial charge is 0.305 e. The molecule has 3 heteroatoms. The minimum atomic E-state index is -0.376. The Balaban J connectivity index is 3.42. The number of allylic oxidation sites excluding steroid dienone is 1. The van der Waals surface area contributed by atoms with Gasteiger partial charge >= 0.3 is 5.97 Å². The number of esters is 1. The topological polar surface area (TPSA) is 46.5 Å². The molecule has 0 aliphatic heterocycles. The van der Waals surface area contributed by atoms with Crippen molar-refractivity contribution in [2.45, 2.75) is 90.1 Å². The lowest BCUT2D eigenvalue weighted by Gasteiger charge is -2.05. The predicted molar refractivity (Wildman–Crippen MR) is 96.0 cm³/mol. The molecule has 0 spiro atoms. The zero-order valence-corrected chi connectivity index (χ0v) is 15.0. The SMILES string of the molecule is CCCCCC#CC=CC(O)CCCCCCCCC(=O)OC. The third-order valence-electron chi connectivity index (χ3n) is 3.77.